The fourth-order valence-electron chi connectivity index (χ4n) is 2.17. The van der Waals surface area contributed by atoms with E-state index in [1.54, 1.807) is 6.07 Å². The van der Waals surface area contributed by atoms with E-state index in [0.29, 0.717) is 22.8 Å². The van der Waals surface area contributed by atoms with Crippen LogP contribution in [-0.2, 0) is 9.59 Å². The lowest BCUT2D eigenvalue weighted by Crippen LogP contribution is -2.53. The molecule has 1 aliphatic rings. The molecule has 1 heterocycles. The molecular formula is C13H14Cl2N2O3. The van der Waals surface area contributed by atoms with E-state index in [-0.39, 0.29) is 10.9 Å². The van der Waals surface area contributed by atoms with Crippen LogP contribution in [0.1, 0.15) is 20.3 Å². The second kappa shape index (κ2) is 5.50. The molecular weight excluding hydrogens is 303 g/mol. The molecule has 2 unspecified atom stereocenters. The highest BCUT2D eigenvalue weighted by Gasteiger charge is 2.37. The number of fused-ring (bicyclic) bond motifs is 1. The minimum Gasteiger partial charge on any atom is -0.480 e. The minimum atomic E-state index is -1.08. The summed E-state index contributed by atoms with van der Waals surface area (Å²) in [5.41, 5.74) is 1.04. The van der Waals surface area contributed by atoms with E-state index < -0.39 is 18.1 Å². The first-order valence-corrected chi connectivity index (χ1v) is 6.93. The van der Waals surface area contributed by atoms with Crippen molar-refractivity contribution in [2.24, 2.45) is 0 Å². The zero-order valence-corrected chi connectivity index (χ0v) is 12.5. The van der Waals surface area contributed by atoms with Crippen molar-refractivity contribution >= 4 is 46.5 Å². The van der Waals surface area contributed by atoms with Crippen LogP contribution in [0.2, 0.25) is 10.0 Å². The molecule has 108 valence electrons. The third-order valence-electron chi connectivity index (χ3n) is 3.32. The van der Waals surface area contributed by atoms with Gasteiger partial charge in [0.25, 0.3) is 0 Å². The Bertz CT molecular complexity index is 577. The van der Waals surface area contributed by atoms with Gasteiger partial charge in [-0.15, -0.1) is 0 Å². The molecule has 5 nitrogen and oxygen atoms in total. The first kappa shape index (κ1) is 14.9. The lowest BCUT2D eigenvalue weighted by atomic mass is 10.0. The van der Waals surface area contributed by atoms with Gasteiger partial charge in [0, 0.05) is 0 Å². The Morgan fingerprint density at radius 1 is 1.45 bits per heavy atom. The molecule has 0 saturated heterocycles. The molecule has 20 heavy (non-hydrogen) atoms. The van der Waals surface area contributed by atoms with Gasteiger partial charge in [0.2, 0.25) is 5.91 Å². The van der Waals surface area contributed by atoms with Crippen LogP contribution in [-0.4, -0.2) is 29.1 Å². The van der Waals surface area contributed by atoms with E-state index in [1.807, 2.05) is 6.92 Å². The maximum Gasteiger partial charge on any atom is 0.326 e. The Hall–Kier alpha value is -1.46. The molecule has 1 aliphatic heterocycles. The van der Waals surface area contributed by atoms with Crippen molar-refractivity contribution in [1.82, 2.24) is 0 Å². The van der Waals surface area contributed by atoms with Gasteiger partial charge in [0.15, 0.2) is 0 Å². The van der Waals surface area contributed by atoms with Crippen LogP contribution >= 0.6 is 23.2 Å². The van der Waals surface area contributed by atoms with Crippen molar-refractivity contribution in [1.29, 1.82) is 0 Å². The van der Waals surface area contributed by atoms with E-state index in [0.717, 1.165) is 0 Å². The van der Waals surface area contributed by atoms with Crippen molar-refractivity contribution in [3.05, 3.63) is 22.2 Å². The van der Waals surface area contributed by atoms with Gasteiger partial charge in [0.1, 0.15) is 12.1 Å². The fourth-order valence-corrected chi connectivity index (χ4v) is 2.50. The van der Waals surface area contributed by atoms with Crippen LogP contribution < -0.4 is 10.2 Å². The summed E-state index contributed by atoms with van der Waals surface area (Å²) in [5, 5.41) is 12.9. The van der Waals surface area contributed by atoms with Crippen molar-refractivity contribution in [2.75, 3.05) is 10.2 Å². The number of carboxylic acids is 1. The molecule has 0 fully saturated rings. The number of rotatable bonds is 3. The highest BCUT2D eigenvalue weighted by molar-refractivity contribution is 6.42. The molecule has 0 aliphatic carbocycles. The van der Waals surface area contributed by atoms with Crippen molar-refractivity contribution < 1.29 is 14.7 Å². The number of carbonyl (C=O) groups is 2. The lowest BCUT2D eigenvalue weighted by Gasteiger charge is -2.37. The number of anilines is 2. The SMILES string of the molecule is CCC1Nc2cc(Cl)c(Cl)cc2N(C(C)C(=O)O)C1=O. The molecule has 2 N–H and O–H groups in total. The summed E-state index contributed by atoms with van der Waals surface area (Å²) in [5.74, 6) is -1.36. The Balaban J connectivity index is 2.58. The number of nitrogens with zero attached hydrogens (tertiary/aromatic N) is 1. The summed E-state index contributed by atoms with van der Waals surface area (Å²) in [7, 11) is 0. The topological polar surface area (TPSA) is 69.6 Å². The van der Waals surface area contributed by atoms with Crippen LogP contribution in [0.4, 0.5) is 11.4 Å². The second-order valence-corrected chi connectivity index (χ2v) is 5.43. The quantitative estimate of drug-likeness (QED) is 0.899. The zero-order chi connectivity index (χ0) is 15.0. The van der Waals surface area contributed by atoms with Crippen molar-refractivity contribution in [3.8, 4) is 0 Å². The molecule has 2 rings (SSSR count). The molecule has 7 heteroatoms. The lowest BCUT2D eigenvalue weighted by molar-refractivity contribution is -0.139. The zero-order valence-electron chi connectivity index (χ0n) is 11.0. The molecule has 0 aromatic heterocycles. The maximum absolute atomic E-state index is 12.4. The number of hydrogen-bond donors (Lipinski definition) is 2. The predicted molar refractivity (Wildman–Crippen MR) is 78.7 cm³/mol. The third-order valence-corrected chi connectivity index (χ3v) is 4.04. The number of amides is 1. The van der Waals surface area contributed by atoms with Gasteiger partial charge in [-0.1, -0.05) is 30.1 Å². The minimum absolute atomic E-state index is 0.276. The Morgan fingerprint density at radius 3 is 2.60 bits per heavy atom. The summed E-state index contributed by atoms with van der Waals surface area (Å²) in [6, 6.07) is 1.67. The largest absolute Gasteiger partial charge is 0.480 e. The van der Waals surface area contributed by atoms with Crippen LogP contribution in [0.25, 0.3) is 0 Å². The predicted octanol–water partition coefficient (Wildman–Crippen LogP) is 3.00. The monoisotopic (exact) mass is 316 g/mol. The van der Waals surface area contributed by atoms with Gasteiger partial charge in [-0.25, -0.2) is 4.79 Å². The van der Waals surface area contributed by atoms with Gasteiger partial charge in [-0.05, 0) is 25.5 Å². The average Bonchev–Trinajstić information content (AvgIpc) is 2.39. The molecule has 0 bridgehead atoms. The highest BCUT2D eigenvalue weighted by Crippen LogP contribution is 2.39. The highest BCUT2D eigenvalue weighted by atomic mass is 35.5. The number of aliphatic carboxylic acids is 1. The number of benzene rings is 1. The number of halogens is 2. The van der Waals surface area contributed by atoms with Gasteiger partial charge >= 0.3 is 5.97 Å². The Labute approximate surface area is 126 Å². The average molecular weight is 317 g/mol. The van der Waals surface area contributed by atoms with Crippen LogP contribution in [0, 0.1) is 0 Å². The third kappa shape index (κ3) is 2.43. The van der Waals surface area contributed by atoms with E-state index in [2.05, 4.69) is 5.32 Å². The van der Waals surface area contributed by atoms with Gasteiger partial charge < -0.3 is 10.4 Å². The first-order valence-electron chi connectivity index (χ1n) is 6.18. The maximum atomic E-state index is 12.4. The summed E-state index contributed by atoms with van der Waals surface area (Å²) in [4.78, 5) is 24.9. The first-order chi connectivity index (χ1) is 9.36. The number of carboxylic acid groups (broad SMARTS) is 1. The van der Waals surface area contributed by atoms with Crippen LogP contribution in [0.3, 0.4) is 0 Å². The summed E-state index contributed by atoms with van der Waals surface area (Å²) in [6.45, 7) is 3.31. The standard InChI is InChI=1S/C13H14Cl2N2O3/c1-3-9-12(18)17(6(2)13(19)20)11-5-8(15)7(14)4-10(11)16-9/h4-6,9,16H,3H2,1-2H3,(H,19,20). The van der Waals surface area contributed by atoms with Gasteiger partial charge in [-0.2, -0.15) is 0 Å². The smallest absolute Gasteiger partial charge is 0.326 e. The summed E-state index contributed by atoms with van der Waals surface area (Å²) < 4.78 is 0. The number of hydrogen-bond acceptors (Lipinski definition) is 3. The van der Waals surface area contributed by atoms with Crippen molar-refractivity contribution in [3.63, 3.8) is 0 Å². The molecule has 0 spiro atoms. The summed E-state index contributed by atoms with van der Waals surface area (Å²) >= 11 is 11.9. The van der Waals surface area contributed by atoms with Gasteiger partial charge in [-0.3, -0.25) is 9.69 Å². The Kier molecular flexibility index (Phi) is 4.11. The van der Waals surface area contributed by atoms with Gasteiger partial charge in [0.05, 0.1) is 21.4 Å². The van der Waals surface area contributed by atoms with E-state index in [1.165, 1.54) is 17.9 Å². The van der Waals surface area contributed by atoms with E-state index >= 15 is 0 Å². The normalized spacial score (nSPS) is 19.3. The number of carbonyl (C=O) groups excluding carboxylic acids is 1. The molecule has 2 atom stereocenters. The van der Waals surface area contributed by atoms with Crippen LogP contribution in [0.15, 0.2) is 12.1 Å². The Morgan fingerprint density at radius 2 is 2.05 bits per heavy atom. The fraction of sp³-hybridized carbons (Fsp3) is 0.385. The molecule has 1 aromatic carbocycles. The molecule has 0 radical (unpaired) electrons. The number of nitrogens with one attached hydrogen (secondary N) is 1. The molecule has 1 amide bonds. The molecule has 1 aromatic rings. The molecule has 0 saturated carbocycles. The van der Waals surface area contributed by atoms with E-state index in [9.17, 15) is 14.7 Å². The second-order valence-electron chi connectivity index (χ2n) is 4.61. The summed E-state index contributed by atoms with van der Waals surface area (Å²) in [6.07, 6.45) is 0.543. The van der Waals surface area contributed by atoms with Crippen molar-refractivity contribution in [2.45, 2.75) is 32.4 Å². The van der Waals surface area contributed by atoms with Crippen LogP contribution in [0.5, 0.6) is 0 Å². The van der Waals surface area contributed by atoms with E-state index in [4.69, 9.17) is 23.2 Å².